The van der Waals surface area contributed by atoms with Gasteiger partial charge in [-0.25, -0.2) is 4.79 Å². The molecule has 0 saturated carbocycles. The standard InChI is InChI=1S/C28H31N5O4/c1-17(2)36-25-10-9-18(15-19(25)16-29)27-31-26(32-37-27)23-7-3-6-22-21(23)5-4-8-24(22)30-28(35)33-13-11-20(34)12-14-33/h3,6-7,9-10,15,17,20,24,34H,4-5,8,11-14H2,1-2H3,(H,30,35)/t24-/m1/s1. The second-order valence-corrected chi connectivity index (χ2v) is 9.90. The molecule has 1 atom stereocenters. The van der Waals surface area contributed by atoms with Gasteiger partial charge in [0.2, 0.25) is 5.82 Å². The van der Waals surface area contributed by atoms with Crippen molar-refractivity contribution in [1.82, 2.24) is 20.4 Å². The van der Waals surface area contributed by atoms with Gasteiger partial charge in [-0.3, -0.25) is 0 Å². The number of hydrogen-bond acceptors (Lipinski definition) is 7. The number of rotatable bonds is 5. The van der Waals surface area contributed by atoms with E-state index in [4.69, 9.17) is 9.26 Å². The molecule has 5 rings (SSSR count). The Hall–Kier alpha value is -3.90. The number of piperidine rings is 1. The molecule has 3 aromatic rings. The maximum atomic E-state index is 12.9. The van der Waals surface area contributed by atoms with Crippen LogP contribution < -0.4 is 10.1 Å². The van der Waals surface area contributed by atoms with E-state index >= 15 is 0 Å². The number of fused-ring (bicyclic) bond motifs is 1. The minimum atomic E-state index is -0.320. The second kappa shape index (κ2) is 10.6. The number of nitrogens with zero attached hydrogens (tertiary/aromatic N) is 4. The number of likely N-dealkylation sites (tertiary alicyclic amines) is 1. The van der Waals surface area contributed by atoms with E-state index in [2.05, 4.69) is 27.6 Å². The van der Waals surface area contributed by atoms with Gasteiger partial charge in [0.1, 0.15) is 11.8 Å². The third-order valence-corrected chi connectivity index (χ3v) is 6.93. The van der Waals surface area contributed by atoms with Crippen LogP contribution in [0.3, 0.4) is 0 Å². The smallest absolute Gasteiger partial charge is 0.317 e. The first-order valence-electron chi connectivity index (χ1n) is 12.8. The van der Waals surface area contributed by atoms with Gasteiger partial charge in [-0.15, -0.1) is 0 Å². The van der Waals surface area contributed by atoms with Crippen LogP contribution in [0.15, 0.2) is 40.9 Å². The lowest BCUT2D eigenvalue weighted by Gasteiger charge is -2.33. The number of carbonyl (C=O) groups excluding carboxylic acids is 1. The summed E-state index contributed by atoms with van der Waals surface area (Å²) in [5, 5.41) is 26.7. The summed E-state index contributed by atoms with van der Waals surface area (Å²) in [5.74, 6) is 1.32. The minimum Gasteiger partial charge on any atom is -0.490 e. The fourth-order valence-corrected chi connectivity index (χ4v) is 5.07. The van der Waals surface area contributed by atoms with Crippen LogP contribution in [0.2, 0.25) is 0 Å². The summed E-state index contributed by atoms with van der Waals surface area (Å²) in [6.07, 6.45) is 3.51. The number of nitriles is 1. The summed E-state index contributed by atoms with van der Waals surface area (Å²) in [6, 6.07) is 13.2. The van der Waals surface area contributed by atoms with Gasteiger partial charge in [0.25, 0.3) is 5.89 Å². The molecule has 1 aliphatic heterocycles. The first-order chi connectivity index (χ1) is 17.9. The summed E-state index contributed by atoms with van der Waals surface area (Å²) in [5.41, 5.74) is 4.12. The van der Waals surface area contributed by atoms with Crippen molar-refractivity contribution in [2.45, 2.75) is 64.2 Å². The zero-order chi connectivity index (χ0) is 25.9. The number of amides is 2. The van der Waals surface area contributed by atoms with E-state index in [0.717, 1.165) is 36.0 Å². The quantitative estimate of drug-likeness (QED) is 0.523. The number of carbonyl (C=O) groups is 1. The zero-order valence-corrected chi connectivity index (χ0v) is 21.1. The van der Waals surface area contributed by atoms with Gasteiger partial charge in [-0.05, 0) is 75.3 Å². The van der Waals surface area contributed by atoms with Crippen molar-refractivity contribution in [2.24, 2.45) is 0 Å². The highest BCUT2D eigenvalue weighted by Crippen LogP contribution is 2.36. The van der Waals surface area contributed by atoms with E-state index in [0.29, 0.717) is 54.5 Å². The van der Waals surface area contributed by atoms with Crippen LogP contribution in [0, 0.1) is 11.3 Å². The molecule has 0 spiro atoms. The molecule has 2 aromatic carbocycles. The number of nitrogens with one attached hydrogen (secondary N) is 1. The Morgan fingerprint density at radius 1 is 1.24 bits per heavy atom. The molecule has 0 radical (unpaired) electrons. The number of aliphatic hydroxyl groups is 1. The van der Waals surface area contributed by atoms with Crippen molar-refractivity contribution in [3.63, 3.8) is 0 Å². The lowest BCUT2D eigenvalue weighted by Crippen LogP contribution is -2.46. The van der Waals surface area contributed by atoms with E-state index in [1.807, 2.05) is 32.0 Å². The number of urea groups is 1. The van der Waals surface area contributed by atoms with Crippen molar-refractivity contribution >= 4 is 6.03 Å². The molecule has 9 heteroatoms. The van der Waals surface area contributed by atoms with E-state index in [1.165, 1.54) is 0 Å². The molecule has 2 N–H and O–H groups in total. The zero-order valence-electron chi connectivity index (χ0n) is 21.1. The number of hydrogen-bond donors (Lipinski definition) is 2. The Bertz CT molecular complexity index is 1320. The lowest BCUT2D eigenvalue weighted by molar-refractivity contribution is 0.0926. The molecule has 1 fully saturated rings. The van der Waals surface area contributed by atoms with Gasteiger partial charge in [0.15, 0.2) is 0 Å². The van der Waals surface area contributed by atoms with Crippen molar-refractivity contribution in [1.29, 1.82) is 5.26 Å². The van der Waals surface area contributed by atoms with Crippen LogP contribution in [0.4, 0.5) is 4.79 Å². The molecule has 9 nitrogen and oxygen atoms in total. The van der Waals surface area contributed by atoms with Crippen LogP contribution >= 0.6 is 0 Å². The van der Waals surface area contributed by atoms with E-state index in [9.17, 15) is 15.2 Å². The highest BCUT2D eigenvalue weighted by molar-refractivity contribution is 5.75. The highest BCUT2D eigenvalue weighted by atomic mass is 16.5. The molecule has 2 amide bonds. The van der Waals surface area contributed by atoms with E-state index in [1.54, 1.807) is 17.0 Å². The molecule has 0 bridgehead atoms. The largest absolute Gasteiger partial charge is 0.490 e. The molecule has 1 aliphatic carbocycles. The maximum Gasteiger partial charge on any atom is 0.317 e. The van der Waals surface area contributed by atoms with Crippen molar-refractivity contribution < 1.29 is 19.2 Å². The topological polar surface area (TPSA) is 125 Å². The summed E-state index contributed by atoms with van der Waals surface area (Å²) >= 11 is 0. The monoisotopic (exact) mass is 501 g/mol. The van der Waals surface area contributed by atoms with Crippen LogP contribution in [-0.4, -0.2) is 51.5 Å². The average Bonchev–Trinajstić information content (AvgIpc) is 3.39. The second-order valence-electron chi connectivity index (χ2n) is 9.90. The minimum absolute atomic E-state index is 0.0430. The van der Waals surface area contributed by atoms with Crippen LogP contribution in [-0.2, 0) is 6.42 Å². The Labute approximate surface area is 216 Å². The fourth-order valence-electron chi connectivity index (χ4n) is 5.07. The van der Waals surface area contributed by atoms with Crippen molar-refractivity contribution in [3.05, 3.63) is 53.1 Å². The lowest BCUT2D eigenvalue weighted by atomic mass is 9.84. The van der Waals surface area contributed by atoms with Gasteiger partial charge >= 0.3 is 6.03 Å². The molecule has 192 valence electrons. The molecule has 1 saturated heterocycles. The number of ether oxygens (including phenoxy) is 1. The highest BCUT2D eigenvalue weighted by Gasteiger charge is 2.28. The number of benzene rings is 2. The predicted octanol–water partition coefficient (Wildman–Crippen LogP) is 4.61. The first-order valence-corrected chi connectivity index (χ1v) is 12.8. The maximum absolute atomic E-state index is 12.9. The summed E-state index contributed by atoms with van der Waals surface area (Å²) < 4.78 is 11.3. The van der Waals surface area contributed by atoms with Gasteiger partial charge in [-0.2, -0.15) is 10.2 Å². The summed E-state index contributed by atoms with van der Waals surface area (Å²) in [6.45, 7) is 4.95. The summed E-state index contributed by atoms with van der Waals surface area (Å²) in [7, 11) is 0. The molecule has 2 heterocycles. The number of aromatic nitrogens is 2. The third kappa shape index (κ3) is 5.30. The molecule has 2 aliphatic rings. The molecular weight excluding hydrogens is 470 g/mol. The first kappa shape index (κ1) is 24.8. The molecule has 0 unspecified atom stereocenters. The van der Waals surface area contributed by atoms with Gasteiger partial charge in [-0.1, -0.05) is 23.4 Å². The normalized spacial score (nSPS) is 17.8. The SMILES string of the molecule is CC(C)Oc1ccc(-c2nc(-c3cccc4c3CCC[C@H]4NC(=O)N3CCC(O)CC3)no2)cc1C#N. The number of aliphatic hydroxyl groups excluding tert-OH is 1. The van der Waals surface area contributed by atoms with Gasteiger partial charge in [0, 0.05) is 24.2 Å². The predicted molar refractivity (Wildman–Crippen MR) is 137 cm³/mol. The van der Waals surface area contributed by atoms with Crippen LogP contribution in [0.1, 0.15) is 62.3 Å². The van der Waals surface area contributed by atoms with E-state index < -0.39 is 0 Å². The third-order valence-electron chi connectivity index (χ3n) is 6.93. The van der Waals surface area contributed by atoms with Crippen molar-refractivity contribution in [3.8, 4) is 34.7 Å². The Balaban J connectivity index is 1.38. The Kier molecular flexibility index (Phi) is 7.10. The molecule has 37 heavy (non-hydrogen) atoms. The Morgan fingerprint density at radius 2 is 2.05 bits per heavy atom. The van der Waals surface area contributed by atoms with Gasteiger partial charge in [0.05, 0.1) is 23.8 Å². The molecular formula is C28H31N5O4. The fraction of sp³-hybridized carbons (Fsp3) is 0.429. The Morgan fingerprint density at radius 3 is 2.81 bits per heavy atom. The molecule has 1 aromatic heterocycles. The van der Waals surface area contributed by atoms with Gasteiger partial charge < -0.3 is 24.6 Å². The van der Waals surface area contributed by atoms with Crippen LogP contribution in [0.5, 0.6) is 5.75 Å². The summed E-state index contributed by atoms with van der Waals surface area (Å²) in [4.78, 5) is 19.3. The van der Waals surface area contributed by atoms with E-state index in [-0.39, 0.29) is 24.3 Å². The van der Waals surface area contributed by atoms with Crippen molar-refractivity contribution in [2.75, 3.05) is 13.1 Å². The average molecular weight is 502 g/mol. The van der Waals surface area contributed by atoms with Crippen LogP contribution in [0.25, 0.3) is 22.8 Å².